The second kappa shape index (κ2) is 8.03. The van der Waals surface area contributed by atoms with Crippen molar-refractivity contribution in [2.75, 3.05) is 12.8 Å². The molecule has 4 nitrogen and oxygen atoms in total. The molecule has 1 aliphatic heterocycles. The fraction of sp³-hybridized carbons (Fsp3) is 0.130. The summed E-state index contributed by atoms with van der Waals surface area (Å²) >= 11 is 6.46. The standard InChI is InChI=1S/C23H20ClNO3S/c1-29(26,27)19-13-11-18(12-14-19)23-21(20-9-5-6-10-22(20)24)16-25(28-23)15-17-7-3-2-4-8-17/h2-14H,15-16H2,1H3. The highest BCUT2D eigenvalue weighted by molar-refractivity contribution is 7.90. The van der Waals surface area contributed by atoms with Crippen molar-refractivity contribution in [2.24, 2.45) is 0 Å². The van der Waals surface area contributed by atoms with E-state index >= 15 is 0 Å². The molecule has 0 aromatic heterocycles. The predicted molar refractivity (Wildman–Crippen MR) is 116 cm³/mol. The molecule has 0 radical (unpaired) electrons. The summed E-state index contributed by atoms with van der Waals surface area (Å²) in [5.74, 6) is 0.689. The summed E-state index contributed by atoms with van der Waals surface area (Å²) in [7, 11) is -3.26. The summed E-state index contributed by atoms with van der Waals surface area (Å²) < 4.78 is 23.6. The SMILES string of the molecule is CS(=O)(=O)c1ccc(C2=C(c3ccccc3Cl)CN(Cc3ccccc3)O2)cc1. The summed E-state index contributed by atoms with van der Waals surface area (Å²) in [5, 5.41) is 2.53. The molecule has 0 unspecified atom stereocenters. The Labute approximate surface area is 175 Å². The van der Waals surface area contributed by atoms with Crippen LogP contribution in [0.3, 0.4) is 0 Å². The van der Waals surface area contributed by atoms with E-state index in [1.54, 1.807) is 24.3 Å². The Morgan fingerprint density at radius 2 is 1.59 bits per heavy atom. The molecule has 3 aromatic carbocycles. The van der Waals surface area contributed by atoms with Crippen LogP contribution in [0.25, 0.3) is 11.3 Å². The Hall–Kier alpha value is -2.60. The van der Waals surface area contributed by atoms with E-state index < -0.39 is 9.84 Å². The number of nitrogens with zero attached hydrogens (tertiary/aromatic N) is 1. The Morgan fingerprint density at radius 1 is 0.931 bits per heavy atom. The van der Waals surface area contributed by atoms with Gasteiger partial charge in [-0.25, -0.2) is 8.42 Å². The quantitative estimate of drug-likeness (QED) is 0.573. The van der Waals surface area contributed by atoms with Crippen LogP contribution in [0.1, 0.15) is 16.7 Å². The number of sulfone groups is 1. The maximum atomic E-state index is 11.8. The van der Waals surface area contributed by atoms with Crippen LogP contribution in [0, 0.1) is 0 Å². The molecule has 0 saturated carbocycles. The van der Waals surface area contributed by atoms with E-state index in [-0.39, 0.29) is 4.90 Å². The van der Waals surface area contributed by atoms with Crippen LogP contribution in [0.2, 0.25) is 5.02 Å². The van der Waals surface area contributed by atoms with Crippen molar-refractivity contribution in [3.63, 3.8) is 0 Å². The summed E-state index contributed by atoms with van der Waals surface area (Å²) in [6.07, 6.45) is 1.20. The average Bonchev–Trinajstić information content (AvgIpc) is 3.12. The Morgan fingerprint density at radius 3 is 2.24 bits per heavy atom. The molecule has 0 bridgehead atoms. The van der Waals surface area contributed by atoms with E-state index in [4.69, 9.17) is 16.4 Å². The molecule has 6 heteroatoms. The molecular formula is C23H20ClNO3S. The van der Waals surface area contributed by atoms with Gasteiger partial charge in [0.2, 0.25) is 0 Å². The third kappa shape index (κ3) is 4.37. The van der Waals surface area contributed by atoms with Gasteiger partial charge in [-0.15, -0.1) is 5.06 Å². The van der Waals surface area contributed by atoms with Gasteiger partial charge in [0.1, 0.15) is 0 Å². The van der Waals surface area contributed by atoms with Crippen LogP contribution in [0.15, 0.2) is 83.8 Å². The molecule has 0 N–H and O–H groups in total. The number of hydrogen-bond acceptors (Lipinski definition) is 4. The van der Waals surface area contributed by atoms with E-state index in [0.29, 0.717) is 23.9 Å². The number of halogens is 1. The highest BCUT2D eigenvalue weighted by atomic mass is 35.5. The molecule has 29 heavy (non-hydrogen) atoms. The number of rotatable bonds is 5. The van der Waals surface area contributed by atoms with Crippen molar-refractivity contribution in [3.8, 4) is 0 Å². The van der Waals surface area contributed by atoms with Gasteiger partial charge < -0.3 is 4.84 Å². The van der Waals surface area contributed by atoms with Crippen LogP contribution in [0.4, 0.5) is 0 Å². The van der Waals surface area contributed by atoms with E-state index in [1.165, 1.54) is 6.26 Å². The molecule has 0 atom stereocenters. The Kier molecular flexibility index (Phi) is 5.46. The highest BCUT2D eigenvalue weighted by Gasteiger charge is 2.28. The summed E-state index contributed by atoms with van der Waals surface area (Å²) in [6.45, 7) is 1.20. The van der Waals surface area contributed by atoms with Gasteiger partial charge in [0.05, 0.1) is 18.0 Å². The van der Waals surface area contributed by atoms with Gasteiger partial charge in [0, 0.05) is 28.0 Å². The second-order valence-electron chi connectivity index (χ2n) is 6.96. The molecule has 3 aromatic rings. The first-order chi connectivity index (χ1) is 13.9. The van der Waals surface area contributed by atoms with Crippen molar-refractivity contribution in [3.05, 3.63) is 101 Å². The number of hydroxylamine groups is 2. The lowest BCUT2D eigenvalue weighted by Crippen LogP contribution is -2.18. The fourth-order valence-corrected chi connectivity index (χ4v) is 4.21. The van der Waals surface area contributed by atoms with E-state index in [9.17, 15) is 8.42 Å². The lowest BCUT2D eigenvalue weighted by Gasteiger charge is -2.16. The fourth-order valence-electron chi connectivity index (χ4n) is 3.33. The van der Waals surface area contributed by atoms with E-state index in [2.05, 4.69) is 12.1 Å². The first kappa shape index (κ1) is 19.7. The minimum Gasteiger partial charge on any atom is -0.404 e. The van der Waals surface area contributed by atoms with Crippen molar-refractivity contribution in [2.45, 2.75) is 11.4 Å². The van der Waals surface area contributed by atoms with E-state index in [0.717, 1.165) is 22.3 Å². The van der Waals surface area contributed by atoms with Crippen LogP contribution >= 0.6 is 11.6 Å². The largest absolute Gasteiger partial charge is 0.404 e. The number of hydrogen-bond donors (Lipinski definition) is 0. The Bertz CT molecular complexity index is 1160. The van der Waals surface area contributed by atoms with Crippen LogP contribution in [-0.4, -0.2) is 26.3 Å². The van der Waals surface area contributed by atoms with Gasteiger partial charge in [-0.3, -0.25) is 0 Å². The van der Waals surface area contributed by atoms with Gasteiger partial charge in [-0.1, -0.05) is 60.1 Å². The molecule has 4 rings (SSSR count). The zero-order valence-corrected chi connectivity index (χ0v) is 17.5. The molecule has 0 fully saturated rings. The van der Waals surface area contributed by atoms with Gasteiger partial charge in [0.15, 0.2) is 15.6 Å². The molecule has 0 aliphatic carbocycles. The van der Waals surface area contributed by atoms with Gasteiger partial charge in [-0.2, -0.15) is 0 Å². The number of benzene rings is 3. The van der Waals surface area contributed by atoms with Crippen LogP contribution in [0.5, 0.6) is 0 Å². The molecule has 0 saturated heterocycles. The van der Waals surface area contributed by atoms with Crippen LogP contribution < -0.4 is 0 Å². The molecule has 148 valence electrons. The van der Waals surface area contributed by atoms with Crippen molar-refractivity contribution >= 4 is 32.8 Å². The summed E-state index contributed by atoms with van der Waals surface area (Å²) in [5.41, 5.74) is 3.83. The lowest BCUT2D eigenvalue weighted by atomic mass is 10.0. The normalized spacial score (nSPS) is 14.8. The third-order valence-corrected chi connectivity index (χ3v) is 6.23. The smallest absolute Gasteiger partial charge is 0.175 e. The van der Waals surface area contributed by atoms with Crippen LogP contribution in [-0.2, 0) is 21.2 Å². The van der Waals surface area contributed by atoms with Crippen molar-refractivity contribution in [1.82, 2.24) is 5.06 Å². The zero-order chi connectivity index (χ0) is 20.4. The summed E-state index contributed by atoms with van der Waals surface area (Å²) in [6, 6.07) is 24.5. The van der Waals surface area contributed by atoms with Gasteiger partial charge in [-0.05, 0) is 35.9 Å². The summed E-state index contributed by atoms with van der Waals surface area (Å²) in [4.78, 5) is 6.48. The predicted octanol–water partition coefficient (Wildman–Crippen LogP) is 5.06. The zero-order valence-electron chi connectivity index (χ0n) is 15.9. The highest BCUT2D eigenvalue weighted by Crippen LogP contribution is 2.38. The van der Waals surface area contributed by atoms with E-state index in [1.807, 2.05) is 47.5 Å². The average molecular weight is 426 g/mol. The second-order valence-corrected chi connectivity index (χ2v) is 9.38. The molecular weight excluding hydrogens is 406 g/mol. The maximum absolute atomic E-state index is 11.8. The van der Waals surface area contributed by atoms with Crippen molar-refractivity contribution < 1.29 is 13.3 Å². The molecule has 0 spiro atoms. The molecule has 0 amide bonds. The first-order valence-corrected chi connectivity index (χ1v) is 11.4. The molecule has 1 heterocycles. The maximum Gasteiger partial charge on any atom is 0.175 e. The van der Waals surface area contributed by atoms with Crippen molar-refractivity contribution in [1.29, 1.82) is 0 Å². The first-order valence-electron chi connectivity index (χ1n) is 9.17. The minimum absolute atomic E-state index is 0.278. The Balaban J connectivity index is 1.71. The molecule has 1 aliphatic rings. The minimum atomic E-state index is -3.26. The topological polar surface area (TPSA) is 46.6 Å². The monoisotopic (exact) mass is 425 g/mol. The lowest BCUT2D eigenvalue weighted by molar-refractivity contribution is -0.0689. The van der Waals surface area contributed by atoms with Gasteiger partial charge >= 0.3 is 0 Å². The van der Waals surface area contributed by atoms with Gasteiger partial charge in [0.25, 0.3) is 0 Å². The third-order valence-electron chi connectivity index (χ3n) is 4.77.